The van der Waals surface area contributed by atoms with Gasteiger partial charge in [-0.3, -0.25) is 0 Å². The summed E-state index contributed by atoms with van der Waals surface area (Å²) in [5.41, 5.74) is 1.10. The summed E-state index contributed by atoms with van der Waals surface area (Å²) in [7, 11) is 4.86. The summed E-state index contributed by atoms with van der Waals surface area (Å²) < 4.78 is 16.0. The van der Waals surface area contributed by atoms with E-state index in [0.29, 0.717) is 23.8 Å². The van der Waals surface area contributed by atoms with Crippen molar-refractivity contribution in [2.75, 3.05) is 21.3 Å². The van der Waals surface area contributed by atoms with Gasteiger partial charge in [0.15, 0.2) is 11.5 Å². The fraction of sp³-hybridized carbons (Fsp3) is 0.571. The van der Waals surface area contributed by atoms with Crippen LogP contribution in [0.2, 0.25) is 0 Å². The van der Waals surface area contributed by atoms with Gasteiger partial charge in [0, 0.05) is 17.6 Å². The van der Waals surface area contributed by atoms with E-state index in [-0.39, 0.29) is 17.9 Å². The number of ether oxygens (including phenoxy) is 3. The molecule has 0 heterocycles. The normalized spacial score (nSPS) is 10.6. The second-order valence-electron chi connectivity index (χ2n) is 5.10. The quantitative estimate of drug-likeness (QED) is 0.904. The van der Waals surface area contributed by atoms with Crippen LogP contribution in [0, 0.1) is 0 Å². The molecule has 0 amide bonds. The predicted octanol–water partition coefficient (Wildman–Crippen LogP) is 3.02. The average molecular weight is 290 g/mol. The van der Waals surface area contributed by atoms with Gasteiger partial charge < -0.3 is 19.5 Å². The molecule has 0 bridgehead atoms. The van der Waals surface area contributed by atoms with Gasteiger partial charge in [-0.1, -0.05) is 6.07 Å². The Morgan fingerprint density at radius 1 is 0.947 bits per heavy atom. The van der Waals surface area contributed by atoms with Crippen molar-refractivity contribution in [3.8, 4) is 17.2 Å². The summed E-state index contributed by atoms with van der Waals surface area (Å²) in [6.07, 6.45) is 0. The Morgan fingerprint density at radius 3 is 1.95 bits per heavy atom. The van der Waals surface area contributed by atoms with Crippen LogP contribution in [0.15, 0.2) is 12.1 Å². The van der Waals surface area contributed by atoms with Gasteiger partial charge in [0.1, 0.15) is 0 Å². The van der Waals surface area contributed by atoms with E-state index in [4.69, 9.17) is 14.2 Å². The van der Waals surface area contributed by atoms with Crippen LogP contribution in [-0.2, 0) is 6.54 Å². The van der Waals surface area contributed by atoms with Gasteiger partial charge in [0.05, 0.1) is 21.3 Å². The van der Waals surface area contributed by atoms with E-state index in [1.807, 2.05) is 12.1 Å². The molecule has 19 heavy (non-hydrogen) atoms. The zero-order valence-electron chi connectivity index (χ0n) is 12.5. The highest BCUT2D eigenvalue weighted by Gasteiger charge is 2.17. The van der Waals surface area contributed by atoms with Crippen molar-refractivity contribution in [3.05, 3.63) is 17.7 Å². The molecule has 5 heteroatoms. The Morgan fingerprint density at radius 2 is 1.53 bits per heavy atom. The average Bonchev–Trinajstić information content (AvgIpc) is 2.33. The maximum Gasteiger partial charge on any atom is 0.203 e. The minimum atomic E-state index is 0. The van der Waals surface area contributed by atoms with E-state index in [9.17, 15) is 0 Å². The second kappa shape index (κ2) is 7.46. The highest BCUT2D eigenvalue weighted by atomic mass is 35.5. The summed E-state index contributed by atoms with van der Waals surface area (Å²) in [6, 6.07) is 3.87. The summed E-state index contributed by atoms with van der Waals surface area (Å²) in [5.74, 6) is 2.02. The minimum absolute atomic E-state index is 0. The Kier molecular flexibility index (Phi) is 7.01. The molecule has 0 unspecified atom stereocenters. The van der Waals surface area contributed by atoms with Gasteiger partial charge in [-0.15, -0.1) is 12.4 Å². The molecule has 0 aliphatic carbocycles. The zero-order valence-corrected chi connectivity index (χ0v) is 13.3. The number of halogens is 1. The molecule has 1 N–H and O–H groups in total. The molecular weight excluding hydrogens is 266 g/mol. The third-order valence-electron chi connectivity index (χ3n) is 2.59. The van der Waals surface area contributed by atoms with Crippen LogP contribution >= 0.6 is 12.4 Å². The van der Waals surface area contributed by atoms with Gasteiger partial charge in [-0.2, -0.15) is 0 Å². The molecule has 0 saturated carbocycles. The van der Waals surface area contributed by atoms with Crippen LogP contribution in [-0.4, -0.2) is 26.9 Å². The molecular formula is C14H24ClNO3. The van der Waals surface area contributed by atoms with Crippen LogP contribution in [0.25, 0.3) is 0 Å². The first kappa shape index (κ1) is 17.9. The van der Waals surface area contributed by atoms with Crippen LogP contribution in [0.5, 0.6) is 17.2 Å². The number of nitrogens with one attached hydrogen (secondary N) is 1. The minimum Gasteiger partial charge on any atom is -0.493 e. The lowest BCUT2D eigenvalue weighted by atomic mass is 10.1. The highest BCUT2D eigenvalue weighted by molar-refractivity contribution is 5.85. The smallest absolute Gasteiger partial charge is 0.203 e. The van der Waals surface area contributed by atoms with Crippen LogP contribution in [0.1, 0.15) is 26.3 Å². The Hall–Kier alpha value is -1.13. The number of methoxy groups -OCH3 is 3. The molecule has 0 aliphatic heterocycles. The molecule has 0 spiro atoms. The van der Waals surface area contributed by atoms with Crippen molar-refractivity contribution in [3.63, 3.8) is 0 Å². The molecule has 1 aromatic rings. The molecule has 1 rings (SSSR count). The molecule has 0 radical (unpaired) electrons. The zero-order chi connectivity index (χ0) is 13.8. The van der Waals surface area contributed by atoms with E-state index in [1.54, 1.807) is 21.3 Å². The van der Waals surface area contributed by atoms with E-state index in [2.05, 4.69) is 26.1 Å². The lowest BCUT2D eigenvalue weighted by molar-refractivity contribution is 0.320. The third kappa shape index (κ3) is 4.80. The maximum atomic E-state index is 5.43. The van der Waals surface area contributed by atoms with Crippen molar-refractivity contribution < 1.29 is 14.2 Å². The van der Waals surface area contributed by atoms with Crippen LogP contribution in [0.3, 0.4) is 0 Å². The first-order chi connectivity index (χ1) is 8.42. The molecule has 0 saturated heterocycles. The summed E-state index contributed by atoms with van der Waals surface area (Å²) in [4.78, 5) is 0. The van der Waals surface area contributed by atoms with Crippen molar-refractivity contribution in [1.82, 2.24) is 5.32 Å². The molecule has 4 nitrogen and oxygen atoms in total. The number of hydrogen-bond acceptors (Lipinski definition) is 4. The van der Waals surface area contributed by atoms with Crippen LogP contribution in [0.4, 0.5) is 0 Å². The fourth-order valence-corrected chi connectivity index (χ4v) is 1.66. The molecule has 0 fully saturated rings. The van der Waals surface area contributed by atoms with E-state index < -0.39 is 0 Å². The van der Waals surface area contributed by atoms with E-state index in [0.717, 1.165) is 5.56 Å². The van der Waals surface area contributed by atoms with E-state index in [1.165, 1.54) is 0 Å². The Labute approximate surface area is 121 Å². The SMILES string of the molecule is COc1ccc(CNC(C)(C)C)c(OC)c1OC.Cl. The Bertz CT molecular complexity index is 402. The van der Waals surface area contributed by atoms with Crippen molar-refractivity contribution >= 4 is 12.4 Å². The highest BCUT2D eigenvalue weighted by Crippen LogP contribution is 2.39. The number of benzene rings is 1. The molecule has 0 atom stereocenters. The lowest BCUT2D eigenvalue weighted by Crippen LogP contribution is -2.35. The van der Waals surface area contributed by atoms with Gasteiger partial charge in [-0.05, 0) is 26.8 Å². The van der Waals surface area contributed by atoms with Gasteiger partial charge in [-0.25, -0.2) is 0 Å². The van der Waals surface area contributed by atoms with Crippen LogP contribution < -0.4 is 19.5 Å². The monoisotopic (exact) mass is 289 g/mol. The fourth-order valence-electron chi connectivity index (χ4n) is 1.66. The second-order valence-corrected chi connectivity index (χ2v) is 5.10. The van der Waals surface area contributed by atoms with Gasteiger partial charge in [0.2, 0.25) is 5.75 Å². The summed E-state index contributed by atoms with van der Waals surface area (Å²) in [6.45, 7) is 7.09. The first-order valence-corrected chi connectivity index (χ1v) is 5.95. The summed E-state index contributed by atoms with van der Waals surface area (Å²) in [5, 5.41) is 3.43. The van der Waals surface area contributed by atoms with Gasteiger partial charge in [0.25, 0.3) is 0 Å². The maximum absolute atomic E-state index is 5.43. The largest absolute Gasteiger partial charge is 0.493 e. The first-order valence-electron chi connectivity index (χ1n) is 5.95. The topological polar surface area (TPSA) is 39.7 Å². The summed E-state index contributed by atoms with van der Waals surface area (Å²) >= 11 is 0. The number of hydrogen-bond donors (Lipinski definition) is 1. The lowest BCUT2D eigenvalue weighted by Gasteiger charge is -2.22. The molecule has 0 aromatic heterocycles. The van der Waals surface area contributed by atoms with Crippen molar-refractivity contribution in [2.24, 2.45) is 0 Å². The van der Waals surface area contributed by atoms with E-state index >= 15 is 0 Å². The predicted molar refractivity (Wildman–Crippen MR) is 79.9 cm³/mol. The van der Waals surface area contributed by atoms with Gasteiger partial charge >= 0.3 is 0 Å². The standard InChI is InChI=1S/C14H23NO3.ClH/c1-14(2,3)15-9-10-7-8-11(16-4)13(18-6)12(10)17-5;/h7-8,15H,9H2,1-6H3;1H. The molecule has 0 aliphatic rings. The molecule has 110 valence electrons. The van der Waals surface area contributed by atoms with Crippen molar-refractivity contribution in [2.45, 2.75) is 32.9 Å². The van der Waals surface area contributed by atoms with Crippen molar-refractivity contribution in [1.29, 1.82) is 0 Å². The third-order valence-corrected chi connectivity index (χ3v) is 2.59. The number of rotatable bonds is 5. The Balaban J connectivity index is 0.00000324. The molecule has 1 aromatic carbocycles.